The number of nitrogens with two attached hydrogens (primary N) is 1. The molecule has 15 heavy (non-hydrogen) atoms. The van der Waals surface area contributed by atoms with Crippen LogP contribution < -0.4 is 11.1 Å². The summed E-state index contributed by atoms with van der Waals surface area (Å²) in [7, 11) is 0. The fraction of sp³-hybridized carbons (Fsp3) is 0.917. The molecule has 0 aromatic rings. The molecule has 0 aliphatic heterocycles. The Kier molecular flexibility index (Phi) is 2.75. The average molecular weight is 210 g/mol. The van der Waals surface area contributed by atoms with Gasteiger partial charge in [0.15, 0.2) is 0 Å². The highest BCUT2D eigenvalue weighted by atomic mass is 16.2. The van der Waals surface area contributed by atoms with Gasteiger partial charge in [0.05, 0.1) is 5.54 Å². The zero-order valence-electron chi connectivity index (χ0n) is 9.64. The van der Waals surface area contributed by atoms with Crippen LogP contribution in [-0.2, 0) is 4.79 Å². The van der Waals surface area contributed by atoms with Crippen LogP contribution in [0.25, 0.3) is 0 Å². The Bertz CT molecular complexity index is 252. The lowest BCUT2D eigenvalue weighted by Gasteiger charge is -2.37. The molecule has 0 spiro atoms. The van der Waals surface area contributed by atoms with E-state index in [9.17, 15) is 4.79 Å². The van der Waals surface area contributed by atoms with E-state index >= 15 is 0 Å². The Morgan fingerprint density at radius 3 is 2.27 bits per heavy atom. The van der Waals surface area contributed by atoms with E-state index in [4.69, 9.17) is 5.73 Å². The molecule has 0 atom stereocenters. The Morgan fingerprint density at radius 2 is 1.80 bits per heavy atom. The van der Waals surface area contributed by atoms with E-state index in [1.807, 2.05) is 0 Å². The van der Waals surface area contributed by atoms with E-state index in [1.165, 1.54) is 25.7 Å². The molecule has 3 nitrogen and oxygen atoms in total. The molecule has 2 aliphatic rings. The maximum atomic E-state index is 11.8. The first kappa shape index (κ1) is 10.9. The highest BCUT2D eigenvalue weighted by Crippen LogP contribution is 2.37. The van der Waals surface area contributed by atoms with Crippen molar-refractivity contribution in [1.82, 2.24) is 5.32 Å². The van der Waals surface area contributed by atoms with Gasteiger partial charge < -0.3 is 11.1 Å². The summed E-state index contributed by atoms with van der Waals surface area (Å²) >= 11 is 0. The lowest BCUT2D eigenvalue weighted by Crippen LogP contribution is -2.59. The minimum absolute atomic E-state index is 0.0712. The van der Waals surface area contributed by atoms with Crippen LogP contribution in [0.15, 0.2) is 0 Å². The summed E-state index contributed by atoms with van der Waals surface area (Å²) in [5.41, 5.74) is 5.76. The van der Waals surface area contributed by atoms with Crippen molar-refractivity contribution in [3.8, 4) is 0 Å². The van der Waals surface area contributed by atoms with Crippen molar-refractivity contribution in [2.45, 2.75) is 57.4 Å². The first-order chi connectivity index (χ1) is 7.04. The summed E-state index contributed by atoms with van der Waals surface area (Å²) in [6.07, 6.45) is 7.91. The standard InChI is InChI=1S/C12H22N2O/c1-11(5-2-3-6-11)9-14-10(15)12(13)7-4-8-12/h2-9,13H2,1H3,(H,14,15). The van der Waals surface area contributed by atoms with Gasteiger partial charge in [-0.25, -0.2) is 0 Å². The summed E-state index contributed by atoms with van der Waals surface area (Å²) in [5, 5.41) is 3.04. The Balaban J connectivity index is 1.80. The van der Waals surface area contributed by atoms with E-state index < -0.39 is 5.54 Å². The van der Waals surface area contributed by atoms with Gasteiger partial charge in [-0.05, 0) is 37.5 Å². The van der Waals surface area contributed by atoms with Crippen LogP contribution in [0, 0.1) is 5.41 Å². The minimum atomic E-state index is -0.533. The van der Waals surface area contributed by atoms with Gasteiger partial charge in [-0.15, -0.1) is 0 Å². The van der Waals surface area contributed by atoms with Gasteiger partial charge >= 0.3 is 0 Å². The third-order valence-corrected chi connectivity index (χ3v) is 4.18. The van der Waals surface area contributed by atoms with Crippen molar-refractivity contribution in [1.29, 1.82) is 0 Å². The smallest absolute Gasteiger partial charge is 0.240 e. The first-order valence-electron chi connectivity index (χ1n) is 6.11. The SMILES string of the molecule is CC1(CNC(=O)C2(N)CCC2)CCCC1. The predicted molar refractivity (Wildman–Crippen MR) is 60.4 cm³/mol. The van der Waals surface area contributed by atoms with Gasteiger partial charge in [0.25, 0.3) is 0 Å². The van der Waals surface area contributed by atoms with Crippen molar-refractivity contribution in [3.05, 3.63) is 0 Å². The molecule has 2 aliphatic carbocycles. The van der Waals surface area contributed by atoms with E-state index in [1.54, 1.807) is 0 Å². The van der Waals surface area contributed by atoms with Gasteiger partial charge in [0.1, 0.15) is 0 Å². The van der Waals surface area contributed by atoms with Crippen LogP contribution in [0.4, 0.5) is 0 Å². The second-order valence-corrected chi connectivity index (χ2v) is 5.71. The molecule has 3 N–H and O–H groups in total. The van der Waals surface area contributed by atoms with Gasteiger partial charge in [-0.3, -0.25) is 4.79 Å². The molecular weight excluding hydrogens is 188 g/mol. The van der Waals surface area contributed by atoms with Crippen molar-refractivity contribution < 1.29 is 4.79 Å². The van der Waals surface area contributed by atoms with Crippen LogP contribution in [0.2, 0.25) is 0 Å². The number of carbonyl (C=O) groups is 1. The Labute approximate surface area is 91.8 Å². The molecule has 0 heterocycles. The summed E-state index contributed by atoms with van der Waals surface area (Å²) < 4.78 is 0. The molecular formula is C12H22N2O. The molecule has 0 saturated heterocycles. The van der Waals surface area contributed by atoms with Crippen molar-refractivity contribution in [3.63, 3.8) is 0 Å². The minimum Gasteiger partial charge on any atom is -0.354 e. The van der Waals surface area contributed by atoms with Crippen LogP contribution in [-0.4, -0.2) is 18.0 Å². The van der Waals surface area contributed by atoms with Crippen LogP contribution in [0.3, 0.4) is 0 Å². The molecule has 0 aromatic heterocycles. The molecule has 3 heteroatoms. The summed E-state index contributed by atoms with van der Waals surface area (Å²) in [5.74, 6) is 0.0712. The quantitative estimate of drug-likeness (QED) is 0.743. The molecule has 2 rings (SSSR count). The second kappa shape index (κ2) is 3.78. The highest BCUT2D eigenvalue weighted by Gasteiger charge is 2.40. The number of hydrogen-bond acceptors (Lipinski definition) is 2. The lowest BCUT2D eigenvalue weighted by atomic mass is 9.76. The average Bonchev–Trinajstić information content (AvgIpc) is 2.58. The van der Waals surface area contributed by atoms with Gasteiger partial charge in [0.2, 0.25) is 5.91 Å². The van der Waals surface area contributed by atoms with E-state index in [0.717, 1.165) is 25.8 Å². The normalized spacial score (nSPS) is 27.1. The third-order valence-electron chi connectivity index (χ3n) is 4.18. The van der Waals surface area contributed by atoms with Crippen LogP contribution >= 0.6 is 0 Å². The van der Waals surface area contributed by atoms with Gasteiger partial charge in [0, 0.05) is 6.54 Å². The highest BCUT2D eigenvalue weighted by molar-refractivity contribution is 5.87. The molecule has 1 amide bonds. The van der Waals surface area contributed by atoms with Crippen molar-refractivity contribution in [2.75, 3.05) is 6.54 Å². The molecule has 86 valence electrons. The van der Waals surface area contributed by atoms with E-state index in [-0.39, 0.29) is 5.91 Å². The monoisotopic (exact) mass is 210 g/mol. The summed E-state index contributed by atoms with van der Waals surface area (Å²) in [4.78, 5) is 11.8. The number of hydrogen-bond donors (Lipinski definition) is 2. The van der Waals surface area contributed by atoms with Gasteiger partial charge in [-0.1, -0.05) is 19.8 Å². The number of amides is 1. The summed E-state index contributed by atoms with van der Waals surface area (Å²) in [6, 6.07) is 0. The predicted octanol–water partition coefficient (Wildman–Crippen LogP) is 1.56. The number of rotatable bonds is 3. The molecule has 0 radical (unpaired) electrons. The van der Waals surface area contributed by atoms with Crippen LogP contribution in [0.5, 0.6) is 0 Å². The van der Waals surface area contributed by atoms with E-state index in [0.29, 0.717) is 5.41 Å². The molecule has 2 fully saturated rings. The lowest BCUT2D eigenvalue weighted by molar-refractivity contribution is -0.129. The fourth-order valence-corrected chi connectivity index (χ4v) is 2.66. The van der Waals surface area contributed by atoms with Crippen molar-refractivity contribution >= 4 is 5.91 Å². The summed E-state index contributed by atoms with van der Waals surface area (Å²) in [6.45, 7) is 3.08. The second-order valence-electron chi connectivity index (χ2n) is 5.71. The maximum Gasteiger partial charge on any atom is 0.240 e. The maximum absolute atomic E-state index is 11.8. The number of carbonyl (C=O) groups excluding carboxylic acids is 1. The number of nitrogens with one attached hydrogen (secondary N) is 1. The van der Waals surface area contributed by atoms with Crippen molar-refractivity contribution in [2.24, 2.45) is 11.1 Å². The fourth-order valence-electron chi connectivity index (χ4n) is 2.66. The largest absolute Gasteiger partial charge is 0.354 e. The molecule has 2 saturated carbocycles. The third kappa shape index (κ3) is 2.17. The first-order valence-corrected chi connectivity index (χ1v) is 6.11. The van der Waals surface area contributed by atoms with Gasteiger partial charge in [-0.2, -0.15) is 0 Å². The zero-order chi connectivity index (χ0) is 10.9. The van der Waals surface area contributed by atoms with Crippen LogP contribution in [0.1, 0.15) is 51.9 Å². The van der Waals surface area contributed by atoms with E-state index in [2.05, 4.69) is 12.2 Å². The zero-order valence-corrected chi connectivity index (χ0v) is 9.64. The molecule has 0 unspecified atom stereocenters. The molecule has 0 bridgehead atoms. The topological polar surface area (TPSA) is 55.1 Å². The Morgan fingerprint density at radius 1 is 1.20 bits per heavy atom. The Hall–Kier alpha value is -0.570. The molecule has 0 aromatic carbocycles.